The van der Waals surface area contributed by atoms with E-state index in [-0.39, 0.29) is 11.9 Å². The lowest BCUT2D eigenvalue weighted by atomic mass is 9.97. The highest BCUT2D eigenvalue weighted by Gasteiger charge is 2.22. The van der Waals surface area contributed by atoms with Crippen LogP contribution in [-0.2, 0) is 19.1 Å². The van der Waals surface area contributed by atoms with E-state index in [1.165, 1.54) is 6.92 Å². The molecule has 0 unspecified atom stereocenters. The topological polar surface area (TPSA) is 52.6 Å². The third-order valence-electron chi connectivity index (χ3n) is 1.94. The molecule has 0 bridgehead atoms. The standard InChI is InChI=1S/C12H22O4/c1-10(13)15-8-6-5-7-9-16-11(14)12(2,3)4/h5-9H2,1-4H3. The van der Waals surface area contributed by atoms with Gasteiger partial charge < -0.3 is 9.47 Å². The zero-order valence-corrected chi connectivity index (χ0v) is 10.7. The molecule has 4 heteroatoms. The van der Waals surface area contributed by atoms with Crippen LogP contribution in [0.4, 0.5) is 0 Å². The van der Waals surface area contributed by atoms with E-state index in [4.69, 9.17) is 9.47 Å². The zero-order chi connectivity index (χ0) is 12.6. The van der Waals surface area contributed by atoms with E-state index < -0.39 is 5.41 Å². The van der Waals surface area contributed by atoms with Gasteiger partial charge in [0.15, 0.2) is 0 Å². The molecule has 0 saturated carbocycles. The second-order valence-electron chi connectivity index (χ2n) is 4.79. The molecule has 0 aliphatic heterocycles. The van der Waals surface area contributed by atoms with Gasteiger partial charge in [0.25, 0.3) is 0 Å². The van der Waals surface area contributed by atoms with Crippen molar-refractivity contribution in [2.24, 2.45) is 5.41 Å². The molecular formula is C12H22O4. The first-order valence-corrected chi connectivity index (χ1v) is 5.64. The molecule has 0 rings (SSSR count). The predicted octanol–water partition coefficient (Wildman–Crippen LogP) is 2.31. The summed E-state index contributed by atoms with van der Waals surface area (Å²) in [5, 5.41) is 0. The van der Waals surface area contributed by atoms with E-state index >= 15 is 0 Å². The maximum absolute atomic E-state index is 11.4. The molecule has 0 aromatic rings. The Bertz CT molecular complexity index is 228. The van der Waals surface area contributed by atoms with E-state index in [0.29, 0.717) is 13.2 Å². The number of rotatable bonds is 6. The average molecular weight is 230 g/mol. The summed E-state index contributed by atoms with van der Waals surface area (Å²) in [5.41, 5.74) is -0.433. The fraction of sp³-hybridized carbons (Fsp3) is 0.833. The zero-order valence-electron chi connectivity index (χ0n) is 10.7. The van der Waals surface area contributed by atoms with Gasteiger partial charge in [-0.15, -0.1) is 0 Å². The second-order valence-corrected chi connectivity index (χ2v) is 4.79. The van der Waals surface area contributed by atoms with Crippen molar-refractivity contribution in [1.29, 1.82) is 0 Å². The average Bonchev–Trinajstić information content (AvgIpc) is 2.14. The number of ether oxygens (including phenoxy) is 2. The third-order valence-corrected chi connectivity index (χ3v) is 1.94. The minimum absolute atomic E-state index is 0.174. The van der Waals surface area contributed by atoms with Crippen molar-refractivity contribution in [3.8, 4) is 0 Å². The van der Waals surface area contributed by atoms with Gasteiger partial charge in [0.2, 0.25) is 0 Å². The van der Waals surface area contributed by atoms with Crippen LogP contribution >= 0.6 is 0 Å². The fourth-order valence-electron chi connectivity index (χ4n) is 0.978. The minimum Gasteiger partial charge on any atom is -0.466 e. The van der Waals surface area contributed by atoms with Crippen molar-refractivity contribution >= 4 is 11.9 Å². The maximum Gasteiger partial charge on any atom is 0.311 e. The predicted molar refractivity (Wildman–Crippen MR) is 60.9 cm³/mol. The van der Waals surface area contributed by atoms with Crippen molar-refractivity contribution in [2.45, 2.75) is 47.0 Å². The molecule has 0 amide bonds. The lowest BCUT2D eigenvalue weighted by molar-refractivity contribution is -0.153. The van der Waals surface area contributed by atoms with Gasteiger partial charge >= 0.3 is 11.9 Å². The van der Waals surface area contributed by atoms with Crippen LogP contribution in [0.3, 0.4) is 0 Å². The molecule has 0 aromatic heterocycles. The van der Waals surface area contributed by atoms with Crippen LogP contribution in [-0.4, -0.2) is 25.2 Å². The van der Waals surface area contributed by atoms with Gasteiger partial charge in [0, 0.05) is 6.92 Å². The SMILES string of the molecule is CC(=O)OCCCCCOC(=O)C(C)(C)C. The molecule has 0 aliphatic carbocycles. The first-order chi connectivity index (χ1) is 7.34. The number of carbonyl (C=O) groups is 2. The van der Waals surface area contributed by atoms with E-state index in [9.17, 15) is 9.59 Å². The van der Waals surface area contributed by atoms with Crippen LogP contribution in [0.5, 0.6) is 0 Å². The number of hydrogen-bond donors (Lipinski definition) is 0. The quantitative estimate of drug-likeness (QED) is 0.519. The molecular weight excluding hydrogens is 208 g/mol. The molecule has 94 valence electrons. The molecule has 0 saturated heterocycles. The molecule has 0 atom stereocenters. The van der Waals surface area contributed by atoms with Crippen LogP contribution in [0.1, 0.15) is 47.0 Å². The van der Waals surface area contributed by atoms with E-state index in [1.54, 1.807) is 0 Å². The van der Waals surface area contributed by atoms with Crippen molar-refractivity contribution in [3.05, 3.63) is 0 Å². The Hall–Kier alpha value is -1.06. The largest absolute Gasteiger partial charge is 0.466 e. The van der Waals surface area contributed by atoms with Crippen LogP contribution in [0.15, 0.2) is 0 Å². The lowest BCUT2D eigenvalue weighted by Gasteiger charge is -2.16. The summed E-state index contributed by atoms with van der Waals surface area (Å²) in [7, 11) is 0. The van der Waals surface area contributed by atoms with Gasteiger partial charge in [-0.3, -0.25) is 9.59 Å². The Kier molecular flexibility index (Phi) is 6.77. The maximum atomic E-state index is 11.4. The molecule has 0 N–H and O–H groups in total. The monoisotopic (exact) mass is 230 g/mol. The van der Waals surface area contributed by atoms with Crippen LogP contribution in [0.2, 0.25) is 0 Å². The van der Waals surface area contributed by atoms with Gasteiger partial charge in [-0.25, -0.2) is 0 Å². The fourth-order valence-corrected chi connectivity index (χ4v) is 0.978. The summed E-state index contributed by atoms with van der Waals surface area (Å²) in [5.74, 6) is -0.424. The lowest BCUT2D eigenvalue weighted by Crippen LogP contribution is -2.23. The Morgan fingerprint density at radius 2 is 1.44 bits per heavy atom. The highest BCUT2D eigenvalue weighted by molar-refractivity contribution is 5.75. The van der Waals surface area contributed by atoms with Crippen molar-refractivity contribution < 1.29 is 19.1 Å². The smallest absolute Gasteiger partial charge is 0.311 e. The summed E-state index contributed by atoms with van der Waals surface area (Å²) >= 11 is 0. The molecule has 0 aliphatic rings. The van der Waals surface area contributed by atoms with Crippen LogP contribution in [0.25, 0.3) is 0 Å². The molecule has 0 aromatic carbocycles. The Labute approximate surface area is 97.3 Å². The van der Waals surface area contributed by atoms with E-state index in [0.717, 1.165) is 19.3 Å². The second kappa shape index (κ2) is 7.25. The van der Waals surface area contributed by atoms with Crippen LogP contribution in [0, 0.1) is 5.41 Å². The van der Waals surface area contributed by atoms with Crippen molar-refractivity contribution in [3.63, 3.8) is 0 Å². The molecule has 0 spiro atoms. The molecule has 16 heavy (non-hydrogen) atoms. The number of hydrogen-bond acceptors (Lipinski definition) is 4. The van der Waals surface area contributed by atoms with Crippen molar-refractivity contribution in [2.75, 3.05) is 13.2 Å². The molecule has 0 heterocycles. The number of esters is 2. The number of carbonyl (C=O) groups excluding carboxylic acids is 2. The van der Waals surface area contributed by atoms with Crippen molar-refractivity contribution in [1.82, 2.24) is 0 Å². The molecule has 4 nitrogen and oxygen atoms in total. The Balaban J connectivity index is 3.34. The Morgan fingerprint density at radius 1 is 0.938 bits per heavy atom. The molecule has 0 radical (unpaired) electrons. The highest BCUT2D eigenvalue weighted by atomic mass is 16.5. The van der Waals surface area contributed by atoms with E-state index in [1.807, 2.05) is 20.8 Å². The van der Waals surface area contributed by atoms with Gasteiger partial charge in [-0.05, 0) is 40.0 Å². The summed E-state index contributed by atoms with van der Waals surface area (Å²) < 4.78 is 9.86. The summed E-state index contributed by atoms with van der Waals surface area (Å²) in [6, 6.07) is 0. The first-order valence-electron chi connectivity index (χ1n) is 5.64. The number of unbranched alkanes of at least 4 members (excludes halogenated alkanes) is 2. The summed E-state index contributed by atoms with van der Waals surface area (Å²) in [6.45, 7) is 7.77. The highest BCUT2D eigenvalue weighted by Crippen LogP contribution is 2.15. The van der Waals surface area contributed by atoms with Gasteiger partial charge in [0.05, 0.1) is 18.6 Å². The van der Waals surface area contributed by atoms with Gasteiger partial charge in [0.1, 0.15) is 0 Å². The molecule has 0 fully saturated rings. The minimum atomic E-state index is -0.433. The van der Waals surface area contributed by atoms with Crippen LogP contribution < -0.4 is 0 Å². The van der Waals surface area contributed by atoms with Gasteiger partial charge in [-0.2, -0.15) is 0 Å². The third kappa shape index (κ3) is 8.26. The van der Waals surface area contributed by atoms with Gasteiger partial charge in [-0.1, -0.05) is 0 Å². The first kappa shape index (κ1) is 14.9. The van der Waals surface area contributed by atoms with E-state index in [2.05, 4.69) is 0 Å². The summed E-state index contributed by atoms with van der Waals surface area (Å²) in [4.78, 5) is 21.8. The normalized spacial score (nSPS) is 11.0. The summed E-state index contributed by atoms with van der Waals surface area (Å²) in [6.07, 6.45) is 2.51. The Morgan fingerprint density at radius 3 is 1.88 bits per heavy atom.